The molecule has 0 radical (unpaired) electrons. The molecule has 3 aromatic carbocycles. The predicted octanol–water partition coefficient (Wildman–Crippen LogP) is 5.65. The Morgan fingerprint density at radius 3 is 2.50 bits per heavy atom. The smallest absolute Gasteiger partial charge is 0.200 e. The van der Waals surface area contributed by atoms with Crippen LogP contribution in [0.5, 0.6) is 0 Å². The van der Waals surface area contributed by atoms with Crippen LogP contribution in [0.3, 0.4) is 0 Å². The van der Waals surface area contributed by atoms with Crippen LogP contribution >= 0.6 is 35.6 Å². The number of halogens is 3. The van der Waals surface area contributed by atoms with E-state index in [1.807, 2.05) is 49.5 Å². The molecule has 0 aliphatic carbocycles. The maximum atomic E-state index is 6.22. The lowest BCUT2D eigenvalue weighted by atomic mass is 10.1. The molecule has 2 N–H and O–H groups in total. The van der Waals surface area contributed by atoms with Gasteiger partial charge in [-0.1, -0.05) is 59.6 Å². The van der Waals surface area contributed by atoms with E-state index in [9.17, 15) is 0 Å². The van der Waals surface area contributed by atoms with Gasteiger partial charge in [0.2, 0.25) is 5.96 Å². The van der Waals surface area contributed by atoms with E-state index in [0.29, 0.717) is 21.7 Å². The minimum atomic E-state index is 0. The van der Waals surface area contributed by atoms with Gasteiger partial charge in [0, 0.05) is 17.5 Å². The summed E-state index contributed by atoms with van der Waals surface area (Å²) < 4.78 is 0. The molecule has 0 aliphatic heterocycles. The van der Waals surface area contributed by atoms with Crippen molar-refractivity contribution >= 4 is 63.7 Å². The minimum absolute atomic E-state index is 0. The van der Waals surface area contributed by atoms with Crippen molar-refractivity contribution in [3.05, 3.63) is 70.7 Å². The van der Waals surface area contributed by atoms with Gasteiger partial charge in [-0.05, 0) is 29.7 Å². The summed E-state index contributed by atoms with van der Waals surface area (Å²) in [6.07, 6.45) is 0. The first-order valence-corrected chi connectivity index (χ1v) is 7.82. The Labute approximate surface area is 157 Å². The Balaban J connectivity index is 0.00000208. The molecule has 3 aromatic rings. The van der Waals surface area contributed by atoms with Crippen LogP contribution in [0.1, 0.15) is 0 Å². The molecule has 0 atom stereocenters. The number of fused-ring (bicyclic) bond motifs is 1. The highest BCUT2D eigenvalue weighted by Crippen LogP contribution is 2.29. The predicted molar refractivity (Wildman–Crippen MR) is 107 cm³/mol. The highest BCUT2D eigenvalue weighted by atomic mass is 35.5. The van der Waals surface area contributed by atoms with E-state index in [1.54, 1.807) is 23.1 Å². The molecule has 0 amide bonds. The van der Waals surface area contributed by atoms with E-state index in [1.165, 1.54) is 0 Å². The number of nitrogens with zero attached hydrogens (tertiary/aromatic N) is 2. The second-order valence-electron chi connectivity index (χ2n) is 5.12. The quantitative estimate of drug-likeness (QED) is 0.461. The Morgan fingerprint density at radius 2 is 1.71 bits per heavy atom. The number of rotatable bonds is 2. The maximum Gasteiger partial charge on any atom is 0.200 e. The molecule has 0 aromatic heterocycles. The SMILES string of the molecule is CN(C(N)=Nc1cccc2ccccc12)c1cc(Cl)ccc1Cl.Cl. The molecule has 0 bridgehead atoms. The van der Waals surface area contributed by atoms with Crippen molar-refractivity contribution in [3.8, 4) is 0 Å². The van der Waals surface area contributed by atoms with Gasteiger partial charge < -0.3 is 10.6 Å². The molecule has 0 aliphatic rings. The molecule has 0 spiro atoms. The van der Waals surface area contributed by atoms with Crippen molar-refractivity contribution in [2.45, 2.75) is 0 Å². The molecule has 6 heteroatoms. The van der Waals surface area contributed by atoms with Crippen LogP contribution in [0.25, 0.3) is 10.8 Å². The second kappa shape index (κ2) is 7.75. The van der Waals surface area contributed by atoms with Crippen molar-refractivity contribution < 1.29 is 0 Å². The van der Waals surface area contributed by atoms with Crippen LogP contribution < -0.4 is 10.6 Å². The Kier molecular flexibility index (Phi) is 5.94. The molecule has 0 saturated heterocycles. The van der Waals surface area contributed by atoms with Crippen molar-refractivity contribution in [2.75, 3.05) is 11.9 Å². The van der Waals surface area contributed by atoms with Gasteiger partial charge in [-0.3, -0.25) is 0 Å². The summed E-state index contributed by atoms with van der Waals surface area (Å²) in [5.74, 6) is 0.338. The minimum Gasteiger partial charge on any atom is -0.369 e. The zero-order chi connectivity index (χ0) is 16.4. The van der Waals surface area contributed by atoms with Crippen molar-refractivity contribution in [1.82, 2.24) is 0 Å². The molecule has 0 heterocycles. The van der Waals surface area contributed by atoms with Crippen LogP contribution in [0.2, 0.25) is 10.0 Å². The average Bonchev–Trinajstić information content (AvgIpc) is 2.56. The van der Waals surface area contributed by atoms with Gasteiger partial charge in [0.15, 0.2) is 0 Å². The van der Waals surface area contributed by atoms with Crippen LogP contribution in [0.15, 0.2) is 65.7 Å². The molecule has 0 unspecified atom stereocenters. The molecular weight excluding hydrogens is 365 g/mol. The third-order valence-corrected chi connectivity index (χ3v) is 4.17. The fourth-order valence-corrected chi connectivity index (χ4v) is 2.78. The second-order valence-corrected chi connectivity index (χ2v) is 5.97. The van der Waals surface area contributed by atoms with Crippen LogP contribution in [-0.4, -0.2) is 13.0 Å². The van der Waals surface area contributed by atoms with Gasteiger partial charge >= 0.3 is 0 Å². The standard InChI is InChI=1S/C18H15Cl2N3.ClH/c1-23(17-11-13(19)9-10-15(17)20)18(21)22-16-8-4-6-12-5-2-3-7-14(12)16;/h2-11H,1H3,(H2,21,22);1H. The summed E-state index contributed by atoms with van der Waals surface area (Å²) >= 11 is 12.3. The van der Waals surface area contributed by atoms with Gasteiger partial charge in [0.05, 0.1) is 16.4 Å². The summed E-state index contributed by atoms with van der Waals surface area (Å²) in [6, 6.07) is 19.2. The average molecular weight is 381 g/mol. The topological polar surface area (TPSA) is 41.6 Å². The molecule has 0 saturated carbocycles. The number of nitrogens with two attached hydrogens (primary N) is 1. The van der Waals surface area contributed by atoms with E-state index >= 15 is 0 Å². The van der Waals surface area contributed by atoms with Crippen molar-refractivity contribution in [2.24, 2.45) is 10.7 Å². The highest BCUT2D eigenvalue weighted by Gasteiger charge is 2.11. The number of anilines is 1. The highest BCUT2D eigenvalue weighted by molar-refractivity contribution is 6.35. The number of hydrogen-bond acceptors (Lipinski definition) is 1. The lowest BCUT2D eigenvalue weighted by Crippen LogP contribution is -2.33. The van der Waals surface area contributed by atoms with Gasteiger partial charge in [-0.15, -0.1) is 12.4 Å². The number of hydrogen-bond donors (Lipinski definition) is 1. The summed E-state index contributed by atoms with van der Waals surface area (Å²) in [7, 11) is 1.81. The van der Waals surface area contributed by atoms with E-state index in [4.69, 9.17) is 28.9 Å². The van der Waals surface area contributed by atoms with E-state index in [-0.39, 0.29) is 12.4 Å². The molecule has 0 fully saturated rings. The summed E-state index contributed by atoms with van der Waals surface area (Å²) in [6.45, 7) is 0. The molecular formula is C18H16Cl3N3. The van der Waals surface area contributed by atoms with Gasteiger partial charge in [0.25, 0.3) is 0 Å². The first-order chi connectivity index (χ1) is 11.1. The monoisotopic (exact) mass is 379 g/mol. The van der Waals surface area contributed by atoms with Crippen LogP contribution in [0, 0.1) is 0 Å². The Morgan fingerprint density at radius 1 is 1.00 bits per heavy atom. The van der Waals surface area contributed by atoms with E-state index in [2.05, 4.69) is 4.99 Å². The molecule has 24 heavy (non-hydrogen) atoms. The maximum absolute atomic E-state index is 6.22. The van der Waals surface area contributed by atoms with Crippen molar-refractivity contribution in [3.63, 3.8) is 0 Å². The van der Waals surface area contributed by atoms with Crippen LogP contribution in [0.4, 0.5) is 11.4 Å². The lowest BCUT2D eigenvalue weighted by molar-refractivity contribution is 1.22. The Bertz CT molecular complexity index is 888. The van der Waals surface area contributed by atoms with Gasteiger partial charge in [0.1, 0.15) is 0 Å². The summed E-state index contributed by atoms with van der Waals surface area (Å²) in [5, 5.41) is 3.32. The number of benzene rings is 3. The zero-order valence-electron chi connectivity index (χ0n) is 12.9. The van der Waals surface area contributed by atoms with Crippen LogP contribution in [-0.2, 0) is 0 Å². The number of guanidine groups is 1. The molecule has 3 rings (SSSR count). The first-order valence-electron chi connectivity index (χ1n) is 7.07. The third-order valence-electron chi connectivity index (χ3n) is 3.61. The zero-order valence-corrected chi connectivity index (χ0v) is 15.2. The lowest BCUT2D eigenvalue weighted by Gasteiger charge is -2.20. The third kappa shape index (κ3) is 3.75. The van der Waals surface area contributed by atoms with E-state index < -0.39 is 0 Å². The molecule has 124 valence electrons. The van der Waals surface area contributed by atoms with Crippen molar-refractivity contribution in [1.29, 1.82) is 0 Å². The van der Waals surface area contributed by atoms with Gasteiger partial charge in [-0.2, -0.15) is 0 Å². The fraction of sp³-hybridized carbons (Fsp3) is 0.0556. The Hall–Kier alpha value is -1.94. The number of aliphatic imine (C=N–C) groups is 1. The molecule has 3 nitrogen and oxygen atoms in total. The van der Waals surface area contributed by atoms with E-state index in [0.717, 1.165) is 16.5 Å². The fourth-order valence-electron chi connectivity index (χ4n) is 2.37. The van der Waals surface area contributed by atoms with Gasteiger partial charge in [-0.25, -0.2) is 4.99 Å². The normalized spacial score (nSPS) is 11.2. The largest absolute Gasteiger partial charge is 0.369 e. The first kappa shape index (κ1) is 18.4. The summed E-state index contributed by atoms with van der Waals surface area (Å²) in [5.41, 5.74) is 7.69. The summed E-state index contributed by atoms with van der Waals surface area (Å²) in [4.78, 5) is 6.27.